The van der Waals surface area contributed by atoms with E-state index in [0.717, 1.165) is 18.2 Å². The average Bonchev–Trinajstić information content (AvgIpc) is 2.34. The number of nitrogens with zero attached hydrogens (tertiary/aromatic N) is 1. The van der Waals surface area contributed by atoms with Gasteiger partial charge in [-0.15, -0.1) is 0 Å². The minimum atomic E-state index is -4.85. The molecule has 0 unspecified atom stereocenters. The van der Waals surface area contributed by atoms with Gasteiger partial charge in [0, 0.05) is 6.04 Å². The molecule has 0 amide bonds. The number of rotatable bonds is 5. The lowest BCUT2D eigenvalue weighted by molar-refractivity contribution is -0.140. The number of benzene rings is 1. The van der Waals surface area contributed by atoms with Crippen LogP contribution in [-0.2, 0) is 21.0 Å². The molecule has 0 aliphatic carbocycles. The van der Waals surface area contributed by atoms with Crippen LogP contribution < -0.4 is 0 Å². The van der Waals surface area contributed by atoms with E-state index in [4.69, 9.17) is 5.11 Å². The maximum absolute atomic E-state index is 12.9. The highest BCUT2D eigenvalue weighted by molar-refractivity contribution is 7.89. The Bertz CT molecular complexity index is 626. The lowest BCUT2D eigenvalue weighted by Gasteiger charge is -2.25. The van der Waals surface area contributed by atoms with Crippen molar-refractivity contribution in [1.29, 1.82) is 0 Å². The monoisotopic (exact) mass is 325 g/mol. The second-order valence-corrected chi connectivity index (χ2v) is 6.39. The fraction of sp³-hybridized carbons (Fsp3) is 0.417. The molecule has 0 heterocycles. The van der Waals surface area contributed by atoms with Crippen LogP contribution in [0.4, 0.5) is 13.2 Å². The summed E-state index contributed by atoms with van der Waals surface area (Å²) in [5, 5.41) is 8.74. The average molecular weight is 325 g/mol. The van der Waals surface area contributed by atoms with Gasteiger partial charge in [-0.1, -0.05) is 12.1 Å². The van der Waals surface area contributed by atoms with Gasteiger partial charge in [-0.2, -0.15) is 17.5 Å². The zero-order chi connectivity index (χ0) is 16.4. The lowest BCUT2D eigenvalue weighted by Crippen LogP contribution is -2.41. The van der Waals surface area contributed by atoms with Gasteiger partial charge in [0.15, 0.2) is 0 Å². The highest BCUT2D eigenvalue weighted by Crippen LogP contribution is 2.35. The van der Waals surface area contributed by atoms with Crippen LogP contribution in [0.15, 0.2) is 29.2 Å². The smallest absolute Gasteiger partial charge is 0.417 e. The van der Waals surface area contributed by atoms with Gasteiger partial charge in [-0.25, -0.2) is 8.42 Å². The molecule has 0 fully saturated rings. The van der Waals surface area contributed by atoms with Gasteiger partial charge in [-0.05, 0) is 26.0 Å². The van der Waals surface area contributed by atoms with Crippen molar-refractivity contribution < 1.29 is 31.5 Å². The van der Waals surface area contributed by atoms with Crippen LogP contribution in [0, 0.1) is 0 Å². The van der Waals surface area contributed by atoms with E-state index in [1.807, 2.05) is 0 Å². The standard InChI is InChI=1S/C12H14F3NO4S/c1-8(2)16(7-11(17)18)21(19,20)10-6-4-3-5-9(10)12(13,14)15/h3-6,8H,7H2,1-2H3,(H,17,18). The molecule has 118 valence electrons. The molecule has 1 rings (SSSR count). The third-order valence-corrected chi connectivity index (χ3v) is 4.73. The zero-order valence-electron chi connectivity index (χ0n) is 11.3. The van der Waals surface area contributed by atoms with Crippen molar-refractivity contribution in [2.45, 2.75) is 31.0 Å². The first kappa shape index (κ1) is 17.4. The molecule has 1 aromatic carbocycles. The molecule has 0 bridgehead atoms. The number of sulfonamides is 1. The van der Waals surface area contributed by atoms with Gasteiger partial charge >= 0.3 is 12.1 Å². The SMILES string of the molecule is CC(C)N(CC(=O)O)S(=O)(=O)c1ccccc1C(F)(F)F. The third-order valence-electron chi connectivity index (χ3n) is 2.65. The second-order valence-electron chi connectivity index (χ2n) is 4.53. The molecule has 0 radical (unpaired) electrons. The van der Waals surface area contributed by atoms with Gasteiger partial charge in [0.2, 0.25) is 10.0 Å². The van der Waals surface area contributed by atoms with E-state index in [2.05, 4.69) is 0 Å². The first-order valence-corrected chi connectivity index (χ1v) is 7.31. The normalized spacial score (nSPS) is 12.9. The van der Waals surface area contributed by atoms with Crippen LogP contribution in [0.5, 0.6) is 0 Å². The quantitative estimate of drug-likeness (QED) is 0.900. The molecule has 0 atom stereocenters. The molecule has 1 N–H and O–H groups in total. The third kappa shape index (κ3) is 3.94. The van der Waals surface area contributed by atoms with Gasteiger partial charge < -0.3 is 5.11 Å². The minimum absolute atomic E-state index is 0.514. The maximum atomic E-state index is 12.9. The van der Waals surface area contributed by atoms with Gasteiger partial charge in [0.25, 0.3) is 0 Å². The van der Waals surface area contributed by atoms with Crippen LogP contribution in [-0.4, -0.2) is 36.4 Å². The van der Waals surface area contributed by atoms with Crippen molar-refractivity contribution in [2.75, 3.05) is 6.54 Å². The minimum Gasteiger partial charge on any atom is -0.480 e. The Balaban J connectivity index is 3.46. The summed E-state index contributed by atoms with van der Waals surface area (Å²) in [6.07, 6.45) is -4.85. The van der Waals surface area contributed by atoms with Crippen molar-refractivity contribution in [2.24, 2.45) is 0 Å². The van der Waals surface area contributed by atoms with Crippen molar-refractivity contribution >= 4 is 16.0 Å². The lowest BCUT2D eigenvalue weighted by atomic mass is 10.2. The molecule has 0 spiro atoms. The molecule has 0 saturated heterocycles. The molecule has 1 aromatic rings. The summed E-state index contributed by atoms with van der Waals surface area (Å²) in [7, 11) is -4.58. The molecule has 0 aliphatic heterocycles. The summed E-state index contributed by atoms with van der Waals surface area (Å²) in [5.41, 5.74) is -1.32. The van der Waals surface area contributed by atoms with E-state index in [1.165, 1.54) is 13.8 Å². The number of carbonyl (C=O) groups is 1. The first-order chi connectivity index (χ1) is 9.48. The molecule has 9 heteroatoms. The fourth-order valence-corrected chi connectivity index (χ4v) is 3.53. The van der Waals surface area contributed by atoms with E-state index in [9.17, 15) is 26.4 Å². The van der Waals surface area contributed by atoms with Crippen molar-refractivity contribution in [3.8, 4) is 0 Å². The maximum Gasteiger partial charge on any atom is 0.417 e. The summed E-state index contributed by atoms with van der Waals surface area (Å²) in [4.78, 5) is 9.79. The highest BCUT2D eigenvalue weighted by Gasteiger charge is 2.39. The topological polar surface area (TPSA) is 74.7 Å². The zero-order valence-corrected chi connectivity index (χ0v) is 12.1. The predicted octanol–water partition coefficient (Wildman–Crippen LogP) is 2.19. The van der Waals surface area contributed by atoms with Crippen LogP contribution in [0.25, 0.3) is 0 Å². The number of alkyl halides is 3. The Morgan fingerprint density at radius 2 is 1.81 bits per heavy atom. The van der Waals surface area contributed by atoms with Gasteiger partial charge in [0.1, 0.15) is 6.54 Å². The molecular weight excluding hydrogens is 311 g/mol. The van der Waals surface area contributed by atoms with E-state index < -0.39 is 45.2 Å². The first-order valence-electron chi connectivity index (χ1n) is 5.87. The Labute approximate surface area is 120 Å². The Morgan fingerprint density at radius 3 is 2.24 bits per heavy atom. The van der Waals surface area contributed by atoms with E-state index in [-0.39, 0.29) is 0 Å². The van der Waals surface area contributed by atoms with E-state index in [0.29, 0.717) is 10.4 Å². The number of carboxylic acids is 1. The van der Waals surface area contributed by atoms with Crippen molar-refractivity contribution in [3.63, 3.8) is 0 Å². The number of carboxylic acid groups (broad SMARTS) is 1. The van der Waals surface area contributed by atoms with Gasteiger partial charge in [0.05, 0.1) is 10.5 Å². The number of aliphatic carboxylic acids is 1. The van der Waals surface area contributed by atoms with E-state index in [1.54, 1.807) is 0 Å². The predicted molar refractivity (Wildman–Crippen MR) is 68.1 cm³/mol. The molecule has 21 heavy (non-hydrogen) atoms. The van der Waals surface area contributed by atoms with Crippen LogP contribution in [0.2, 0.25) is 0 Å². The van der Waals surface area contributed by atoms with Crippen molar-refractivity contribution in [1.82, 2.24) is 4.31 Å². The largest absolute Gasteiger partial charge is 0.480 e. The Morgan fingerprint density at radius 1 is 1.29 bits per heavy atom. The summed E-state index contributed by atoms with van der Waals surface area (Å²) in [6, 6.07) is 2.88. The van der Waals surface area contributed by atoms with Crippen molar-refractivity contribution in [3.05, 3.63) is 29.8 Å². The van der Waals surface area contributed by atoms with Crippen LogP contribution >= 0.6 is 0 Å². The number of halogens is 3. The Hall–Kier alpha value is -1.61. The van der Waals surface area contributed by atoms with Crippen LogP contribution in [0.1, 0.15) is 19.4 Å². The highest BCUT2D eigenvalue weighted by atomic mass is 32.2. The number of hydrogen-bond donors (Lipinski definition) is 1. The molecule has 0 saturated carbocycles. The second kappa shape index (κ2) is 6.02. The summed E-state index contributed by atoms with van der Waals surface area (Å²) in [6.45, 7) is 1.86. The molecule has 5 nitrogen and oxygen atoms in total. The Kier molecular flexibility index (Phi) is 5.00. The fourth-order valence-electron chi connectivity index (χ4n) is 1.73. The summed E-state index contributed by atoms with van der Waals surface area (Å²) < 4.78 is 63.9. The van der Waals surface area contributed by atoms with Crippen LogP contribution in [0.3, 0.4) is 0 Å². The molecular formula is C12H14F3NO4S. The summed E-state index contributed by atoms with van der Waals surface area (Å²) >= 11 is 0. The van der Waals surface area contributed by atoms with E-state index >= 15 is 0 Å². The molecule has 0 aromatic heterocycles. The molecule has 0 aliphatic rings. The summed E-state index contributed by atoms with van der Waals surface area (Å²) in [5.74, 6) is -1.45. The van der Waals surface area contributed by atoms with Gasteiger partial charge in [-0.3, -0.25) is 4.79 Å². The number of hydrogen-bond acceptors (Lipinski definition) is 3.